The fourth-order valence-corrected chi connectivity index (χ4v) is 2.49. The predicted octanol–water partition coefficient (Wildman–Crippen LogP) is 3.24. The second-order valence-corrected chi connectivity index (χ2v) is 6.61. The molecule has 1 rings (SSSR count). The highest BCUT2D eigenvalue weighted by molar-refractivity contribution is 14.0. The Balaban J connectivity index is 0.00000625. The van der Waals surface area contributed by atoms with E-state index in [2.05, 4.69) is 67.6 Å². The highest BCUT2D eigenvalue weighted by Gasteiger charge is 2.05. The third kappa shape index (κ3) is 11.0. The Morgan fingerprint density at radius 2 is 1.88 bits per heavy atom. The summed E-state index contributed by atoms with van der Waals surface area (Å²) in [6.07, 6.45) is 1.08. The lowest BCUT2D eigenvalue weighted by molar-refractivity contribution is 0.161. The van der Waals surface area contributed by atoms with Crippen LogP contribution >= 0.6 is 24.0 Å². The minimum atomic E-state index is 0. The Hall–Kier alpha value is -0.860. The molecule has 1 aromatic rings. The zero-order valence-electron chi connectivity index (χ0n) is 17.0. The molecule has 150 valence electrons. The molecular formula is C20H37IN4O. The fourth-order valence-electron chi connectivity index (χ4n) is 2.49. The number of hydrogen-bond acceptors (Lipinski definition) is 3. The molecule has 0 saturated carbocycles. The summed E-state index contributed by atoms with van der Waals surface area (Å²) < 4.78 is 5.10. The van der Waals surface area contributed by atoms with E-state index >= 15 is 0 Å². The van der Waals surface area contributed by atoms with E-state index in [4.69, 9.17) is 9.73 Å². The number of hydrogen-bond donors (Lipinski definition) is 2. The summed E-state index contributed by atoms with van der Waals surface area (Å²) in [5.74, 6) is 1.32. The molecule has 5 nitrogen and oxygen atoms in total. The van der Waals surface area contributed by atoms with Crippen molar-refractivity contribution in [3.8, 4) is 0 Å². The maximum atomic E-state index is 5.10. The van der Waals surface area contributed by atoms with Gasteiger partial charge < -0.3 is 20.3 Å². The second kappa shape index (κ2) is 15.2. The van der Waals surface area contributed by atoms with Crippen LogP contribution in [0.2, 0.25) is 0 Å². The quantitative estimate of drug-likeness (QED) is 0.223. The Morgan fingerprint density at radius 3 is 2.50 bits per heavy atom. The maximum absolute atomic E-state index is 5.10. The van der Waals surface area contributed by atoms with Gasteiger partial charge in [0.25, 0.3) is 0 Å². The molecule has 1 unspecified atom stereocenters. The van der Waals surface area contributed by atoms with Crippen molar-refractivity contribution in [2.45, 2.75) is 33.1 Å². The number of rotatable bonds is 11. The summed E-state index contributed by atoms with van der Waals surface area (Å²) in [4.78, 5) is 7.03. The van der Waals surface area contributed by atoms with Gasteiger partial charge in [-0.25, -0.2) is 0 Å². The maximum Gasteiger partial charge on any atom is 0.191 e. The van der Waals surface area contributed by atoms with Gasteiger partial charge in [0.1, 0.15) is 0 Å². The molecule has 6 heteroatoms. The lowest BCUT2D eigenvalue weighted by Gasteiger charge is -2.17. The van der Waals surface area contributed by atoms with E-state index in [0.717, 1.165) is 51.7 Å². The number of aryl methyl sites for hydroxylation is 1. The van der Waals surface area contributed by atoms with Crippen LogP contribution in [0.4, 0.5) is 0 Å². The molecule has 0 bridgehead atoms. The van der Waals surface area contributed by atoms with E-state index in [1.165, 1.54) is 11.1 Å². The van der Waals surface area contributed by atoms with Gasteiger partial charge in [0, 0.05) is 39.2 Å². The topological polar surface area (TPSA) is 48.9 Å². The van der Waals surface area contributed by atoms with Crippen LogP contribution in [-0.4, -0.2) is 64.3 Å². The number of benzene rings is 1. The summed E-state index contributed by atoms with van der Waals surface area (Å²) in [5, 5.41) is 6.76. The first-order valence-corrected chi connectivity index (χ1v) is 9.33. The zero-order valence-corrected chi connectivity index (χ0v) is 19.4. The van der Waals surface area contributed by atoms with Gasteiger partial charge in [-0.05, 0) is 39.4 Å². The van der Waals surface area contributed by atoms with Crippen LogP contribution < -0.4 is 10.6 Å². The molecule has 0 heterocycles. The molecule has 0 radical (unpaired) electrons. The third-order valence-corrected chi connectivity index (χ3v) is 4.20. The number of halogens is 1. The first-order valence-electron chi connectivity index (χ1n) is 9.33. The van der Waals surface area contributed by atoms with Gasteiger partial charge >= 0.3 is 0 Å². The monoisotopic (exact) mass is 476 g/mol. The van der Waals surface area contributed by atoms with Crippen molar-refractivity contribution < 1.29 is 4.74 Å². The summed E-state index contributed by atoms with van der Waals surface area (Å²) in [5.41, 5.74) is 2.63. The molecular weight excluding hydrogens is 439 g/mol. The minimum absolute atomic E-state index is 0. The smallest absolute Gasteiger partial charge is 0.191 e. The second-order valence-electron chi connectivity index (χ2n) is 6.61. The Bertz CT molecular complexity index is 493. The van der Waals surface area contributed by atoms with Gasteiger partial charge in [-0.3, -0.25) is 4.99 Å². The molecule has 26 heavy (non-hydrogen) atoms. The van der Waals surface area contributed by atoms with Crippen molar-refractivity contribution in [2.24, 2.45) is 4.99 Å². The Kier molecular flexibility index (Phi) is 14.7. The van der Waals surface area contributed by atoms with E-state index in [0.29, 0.717) is 5.92 Å². The van der Waals surface area contributed by atoms with Crippen LogP contribution in [0.15, 0.2) is 29.3 Å². The van der Waals surface area contributed by atoms with Crippen LogP contribution in [0.1, 0.15) is 37.3 Å². The predicted molar refractivity (Wildman–Crippen MR) is 123 cm³/mol. The van der Waals surface area contributed by atoms with Gasteiger partial charge in [-0.2, -0.15) is 0 Å². The minimum Gasteiger partial charge on any atom is -0.383 e. The zero-order chi connectivity index (χ0) is 18.5. The lowest BCUT2D eigenvalue weighted by atomic mass is 10.0. The number of nitrogens with zero attached hydrogens (tertiary/aromatic N) is 2. The van der Waals surface area contributed by atoms with Crippen molar-refractivity contribution >= 4 is 29.9 Å². The van der Waals surface area contributed by atoms with E-state index in [-0.39, 0.29) is 24.0 Å². The van der Waals surface area contributed by atoms with Crippen molar-refractivity contribution in [3.63, 3.8) is 0 Å². The van der Waals surface area contributed by atoms with Crippen molar-refractivity contribution in [2.75, 3.05) is 53.5 Å². The molecule has 0 aromatic heterocycles. The van der Waals surface area contributed by atoms with Gasteiger partial charge in [-0.1, -0.05) is 36.8 Å². The Morgan fingerprint density at radius 1 is 1.19 bits per heavy atom. The van der Waals surface area contributed by atoms with Crippen LogP contribution in [0, 0.1) is 6.92 Å². The van der Waals surface area contributed by atoms with Crippen molar-refractivity contribution in [1.82, 2.24) is 15.5 Å². The van der Waals surface area contributed by atoms with Gasteiger partial charge in [0.05, 0.1) is 6.61 Å². The largest absolute Gasteiger partial charge is 0.383 e. The van der Waals surface area contributed by atoms with Gasteiger partial charge in [0.2, 0.25) is 0 Å². The van der Waals surface area contributed by atoms with E-state index < -0.39 is 0 Å². The molecule has 0 aliphatic heterocycles. The standard InChI is InChI=1S/C20H36N4O.HI/c1-6-21-20(22-12-7-13-24(4)14-15-25-5)23-16-18(3)19-10-8-17(2)9-11-19;/h8-11,18H,6-7,12-16H2,1-5H3,(H2,21,22,23);1H. The first-order chi connectivity index (χ1) is 12.1. The van der Waals surface area contributed by atoms with Crippen molar-refractivity contribution in [1.29, 1.82) is 0 Å². The third-order valence-electron chi connectivity index (χ3n) is 4.20. The number of aliphatic imine (C=N–C) groups is 1. The van der Waals surface area contributed by atoms with Crippen LogP contribution in [0.25, 0.3) is 0 Å². The van der Waals surface area contributed by atoms with Crippen molar-refractivity contribution in [3.05, 3.63) is 35.4 Å². The SMILES string of the molecule is CCNC(=NCC(C)c1ccc(C)cc1)NCCCN(C)CCOC.I. The van der Waals surface area contributed by atoms with Gasteiger partial charge in [0.15, 0.2) is 5.96 Å². The molecule has 0 spiro atoms. The molecule has 2 N–H and O–H groups in total. The Labute approximate surface area is 177 Å². The molecule has 0 saturated heterocycles. The van der Waals surface area contributed by atoms with Crippen LogP contribution in [0.3, 0.4) is 0 Å². The summed E-state index contributed by atoms with van der Waals surface area (Å²) in [7, 11) is 3.87. The summed E-state index contributed by atoms with van der Waals surface area (Å²) >= 11 is 0. The molecule has 0 amide bonds. The molecule has 1 aromatic carbocycles. The van der Waals surface area contributed by atoms with Crippen LogP contribution in [-0.2, 0) is 4.74 Å². The lowest BCUT2D eigenvalue weighted by Crippen LogP contribution is -2.39. The fraction of sp³-hybridized carbons (Fsp3) is 0.650. The number of guanidine groups is 1. The summed E-state index contributed by atoms with van der Waals surface area (Å²) in [6, 6.07) is 8.73. The number of likely N-dealkylation sites (N-methyl/N-ethyl adjacent to an activating group) is 1. The first kappa shape index (κ1) is 25.1. The normalized spacial score (nSPS) is 12.6. The van der Waals surface area contributed by atoms with E-state index in [9.17, 15) is 0 Å². The molecule has 0 aliphatic rings. The molecule has 0 fully saturated rings. The molecule has 0 aliphatic carbocycles. The number of nitrogens with one attached hydrogen (secondary N) is 2. The number of methoxy groups -OCH3 is 1. The number of ether oxygens (including phenoxy) is 1. The summed E-state index contributed by atoms with van der Waals surface area (Å²) in [6.45, 7) is 11.8. The van der Waals surface area contributed by atoms with E-state index in [1.54, 1.807) is 7.11 Å². The molecule has 1 atom stereocenters. The average Bonchev–Trinajstić information content (AvgIpc) is 2.61. The highest BCUT2D eigenvalue weighted by Crippen LogP contribution is 2.15. The average molecular weight is 476 g/mol. The van der Waals surface area contributed by atoms with Crippen LogP contribution in [0.5, 0.6) is 0 Å². The highest BCUT2D eigenvalue weighted by atomic mass is 127. The van der Waals surface area contributed by atoms with Gasteiger partial charge in [-0.15, -0.1) is 24.0 Å². The van der Waals surface area contributed by atoms with E-state index in [1.807, 2.05) is 0 Å².